The van der Waals surface area contributed by atoms with Crippen LogP contribution in [0.15, 0.2) is 340 Å². The number of nitrogens with zero attached hydrogens (tertiary/aromatic N) is 4. The first kappa shape index (κ1) is 53.2. The van der Waals surface area contributed by atoms with Crippen molar-refractivity contribution in [2.75, 3.05) is 19.6 Å². The molecular weight excluding hydrogens is 1160 g/mol. The number of anilines is 12. The molecule has 0 saturated carbocycles. The molecule has 0 spiro atoms. The predicted octanol–water partition coefficient (Wildman–Crippen LogP) is 20.1. The minimum Gasteiger partial charge on any atom is -0.311 e. The molecule has 17 aromatic rings. The first-order valence-corrected chi connectivity index (χ1v) is 33.5. The average molecular weight is 1220 g/mol. The molecule has 17 aromatic carbocycles. The van der Waals surface area contributed by atoms with Crippen LogP contribution in [0.4, 0.5) is 68.2 Å². The van der Waals surface area contributed by atoms with Crippen molar-refractivity contribution in [1.82, 2.24) is 0 Å². The Hall–Kier alpha value is -12.4. The second kappa shape index (κ2) is 20.6. The maximum absolute atomic E-state index is 2.66. The molecule has 0 unspecified atom stereocenters. The second-order valence-electron chi connectivity index (χ2n) is 26.2. The number of para-hydroxylation sites is 4. The molecule has 0 bridgehead atoms. The van der Waals surface area contributed by atoms with Crippen molar-refractivity contribution in [3.8, 4) is 22.3 Å². The van der Waals surface area contributed by atoms with Gasteiger partial charge in [0, 0.05) is 68.2 Å². The van der Waals surface area contributed by atoms with Gasteiger partial charge in [0.05, 0.1) is 0 Å². The molecule has 0 fully saturated rings. The normalized spacial score (nSPS) is 13.3. The van der Waals surface area contributed by atoms with Crippen LogP contribution in [-0.4, -0.2) is 13.4 Å². The Labute approximate surface area is 557 Å². The zero-order valence-electron chi connectivity index (χ0n) is 52.3. The molecule has 0 aliphatic carbocycles. The van der Waals surface area contributed by atoms with E-state index in [1.54, 1.807) is 0 Å². The zero-order valence-corrected chi connectivity index (χ0v) is 52.3. The fourth-order valence-corrected chi connectivity index (χ4v) is 17.3. The summed E-state index contributed by atoms with van der Waals surface area (Å²) in [6.07, 6.45) is 0. The lowest BCUT2D eigenvalue weighted by molar-refractivity contribution is 1.24. The summed E-state index contributed by atoms with van der Waals surface area (Å²) in [5.74, 6) is 0. The predicted molar refractivity (Wildman–Crippen MR) is 410 cm³/mol. The average Bonchev–Trinajstić information content (AvgIpc) is 0.687. The van der Waals surface area contributed by atoms with Gasteiger partial charge in [0.25, 0.3) is 13.4 Å². The van der Waals surface area contributed by atoms with E-state index in [9.17, 15) is 0 Å². The van der Waals surface area contributed by atoms with Gasteiger partial charge in [0.15, 0.2) is 0 Å². The molecular formula is C90H56B2N4. The summed E-state index contributed by atoms with van der Waals surface area (Å²) in [6.45, 7) is -0.310. The van der Waals surface area contributed by atoms with Crippen molar-refractivity contribution in [3.05, 3.63) is 340 Å². The fourth-order valence-electron chi connectivity index (χ4n) is 17.3. The van der Waals surface area contributed by atoms with Crippen molar-refractivity contribution in [2.45, 2.75) is 0 Å². The molecule has 4 aliphatic heterocycles. The molecule has 4 heterocycles. The summed E-state index contributed by atoms with van der Waals surface area (Å²) in [5, 5.41) is 15.0. The maximum Gasteiger partial charge on any atom is 0.252 e. The number of hydrogen-bond acceptors (Lipinski definition) is 4. The van der Waals surface area contributed by atoms with E-state index in [1.807, 2.05) is 0 Å². The smallest absolute Gasteiger partial charge is 0.252 e. The van der Waals surface area contributed by atoms with Crippen LogP contribution < -0.4 is 52.4 Å². The standard InChI is InChI=1S/C90H56B2N4/c1-5-25-57(26-6-1)59-49-85-89-88(52-59)96(64-46-48-74-70-38-16-14-34-66(70)68-36-18-20-40-72(68)76(74)54-64)84-56-83-79(55-80(84)91(89)77-41-21-23-43-81(77)93(85)61-29-9-3-10-30-61)92-78-42-22-24-44-82(78)95(63-45-47-73-69-37-15-13-33-65(69)67-35-17-19-39-71(67)75(73)53-63)87-51-60(58-27-7-2-8-28-58)50-86(90(87)92)94(83)62-31-11-4-12-32-62/h1-56H. The topological polar surface area (TPSA) is 13.0 Å². The molecule has 0 saturated heterocycles. The first-order valence-electron chi connectivity index (χ1n) is 33.5. The van der Waals surface area contributed by atoms with Crippen LogP contribution in [0.3, 0.4) is 0 Å². The SMILES string of the molecule is c1ccc(-c2cc3c4c(c2)N(c2ccccc2)c2cc5c(cc2B4c2ccccc2N3c2ccc3c4ccccc4c4ccccc4c3c2)B2c3ccccc3N(c3ccccc3)c3cc(-c4ccccc4)cc(c32)N5c2ccc3c4ccccc4c4ccccc4c3c2)cc1. The Balaban J connectivity index is 0.885. The Morgan fingerprint density at radius 1 is 0.156 bits per heavy atom. The first-order chi connectivity index (χ1) is 47.7. The molecule has 96 heavy (non-hydrogen) atoms. The Morgan fingerprint density at radius 2 is 0.438 bits per heavy atom. The maximum atomic E-state index is 2.66. The number of benzene rings is 17. The lowest BCUT2D eigenvalue weighted by Gasteiger charge is -2.47. The van der Waals surface area contributed by atoms with E-state index < -0.39 is 0 Å². The highest BCUT2D eigenvalue weighted by Crippen LogP contribution is 2.52. The summed E-state index contributed by atoms with van der Waals surface area (Å²) in [5.41, 5.74) is 26.1. The van der Waals surface area contributed by atoms with Crippen molar-refractivity contribution in [1.29, 1.82) is 0 Å². The van der Waals surface area contributed by atoms with Crippen LogP contribution in [0.25, 0.3) is 86.9 Å². The second-order valence-corrected chi connectivity index (χ2v) is 26.2. The van der Waals surface area contributed by atoms with Crippen molar-refractivity contribution in [2.24, 2.45) is 0 Å². The molecule has 0 radical (unpaired) electrons. The fraction of sp³-hybridized carbons (Fsp3) is 0. The van der Waals surface area contributed by atoms with Crippen LogP contribution in [0, 0.1) is 0 Å². The Bertz CT molecular complexity index is 6070. The van der Waals surface area contributed by atoms with Gasteiger partial charge in [-0.15, -0.1) is 0 Å². The Kier molecular flexibility index (Phi) is 11.4. The van der Waals surface area contributed by atoms with Gasteiger partial charge in [-0.3, -0.25) is 0 Å². The van der Waals surface area contributed by atoms with Crippen LogP contribution in [0.5, 0.6) is 0 Å². The molecule has 442 valence electrons. The van der Waals surface area contributed by atoms with Crippen molar-refractivity contribution in [3.63, 3.8) is 0 Å². The molecule has 0 N–H and O–H groups in total. The quantitative estimate of drug-likeness (QED) is 0.121. The molecule has 0 aromatic heterocycles. The van der Waals surface area contributed by atoms with E-state index in [-0.39, 0.29) is 13.4 Å². The third-order valence-electron chi connectivity index (χ3n) is 21.3. The van der Waals surface area contributed by atoms with Crippen LogP contribution in [0.1, 0.15) is 0 Å². The lowest BCUT2D eigenvalue weighted by atomic mass is 9.30. The van der Waals surface area contributed by atoms with Gasteiger partial charge in [-0.1, -0.05) is 249 Å². The van der Waals surface area contributed by atoms with Gasteiger partial charge in [-0.05, 0) is 211 Å². The zero-order chi connectivity index (χ0) is 62.7. The van der Waals surface area contributed by atoms with Gasteiger partial charge in [-0.25, -0.2) is 0 Å². The lowest BCUT2D eigenvalue weighted by Crippen LogP contribution is -2.65. The summed E-state index contributed by atoms with van der Waals surface area (Å²) in [6, 6.07) is 128. The summed E-state index contributed by atoms with van der Waals surface area (Å²) >= 11 is 0. The van der Waals surface area contributed by atoms with Crippen molar-refractivity contribution >= 4 is 179 Å². The highest BCUT2D eigenvalue weighted by molar-refractivity contribution is 7.03. The number of rotatable bonds is 6. The van der Waals surface area contributed by atoms with E-state index in [2.05, 4.69) is 359 Å². The van der Waals surface area contributed by atoms with Crippen LogP contribution in [-0.2, 0) is 0 Å². The van der Waals surface area contributed by atoms with Gasteiger partial charge in [-0.2, -0.15) is 0 Å². The highest BCUT2D eigenvalue weighted by atomic mass is 15.2. The minimum absolute atomic E-state index is 0.150. The summed E-state index contributed by atoms with van der Waals surface area (Å²) < 4.78 is 0. The van der Waals surface area contributed by atoms with E-state index in [1.165, 1.54) is 126 Å². The van der Waals surface area contributed by atoms with E-state index >= 15 is 0 Å². The van der Waals surface area contributed by atoms with Crippen LogP contribution in [0.2, 0.25) is 0 Å². The molecule has 6 heteroatoms. The summed E-state index contributed by atoms with van der Waals surface area (Å²) in [4.78, 5) is 10.4. The van der Waals surface area contributed by atoms with Gasteiger partial charge >= 0.3 is 0 Å². The number of hydrogen-bond donors (Lipinski definition) is 0. The third kappa shape index (κ3) is 7.64. The summed E-state index contributed by atoms with van der Waals surface area (Å²) in [7, 11) is 0. The largest absolute Gasteiger partial charge is 0.311 e. The molecule has 0 atom stereocenters. The van der Waals surface area contributed by atoms with E-state index in [0.717, 1.165) is 62.2 Å². The molecule has 4 nitrogen and oxygen atoms in total. The van der Waals surface area contributed by atoms with Gasteiger partial charge in [0.2, 0.25) is 0 Å². The Morgan fingerprint density at radius 3 is 0.812 bits per heavy atom. The van der Waals surface area contributed by atoms with Gasteiger partial charge < -0.3 is 19.6 Å². The number of fused-ring (bicyclic) bond motifs is 20. The van der Waals surface area contributed by atoms with Crippen molar-refractivity contribution < 1.29 is 0 Å². The van der Waals surface area contributed by atoms with E-state index in [0.29, 0.717) is 0 Å². The molecule has 0 amide bonds. The monoisotopic (exact) mass is 1210 g/mol. The highest BCUT2D eigenvalue weighted by Gasteiger charge is 2.49. The minimum atomic E-state index is -0.160. The third-order valence-corrected chi connectivity index (χ3v) is 21.3. The van der Waals surface area contributed by atoms with E-state index in [4.69, 9.17) is 0 Å². The van der Waals surface area contributed by atoms with Gasteiger partial charge in [0.1, 0.15) is 0 Å². The van der Waals surface area contributed by atoms with Crippen LogP contribution >= 0.6 is 0 Å². The molecule has 21 rings (SSSR count). The molecule has 4 aliphatic rings.